The highest BCUT2D eigenvalue weighted by atomic mass is 16.2. The van der Waals surface area contributed by atoms with Crippen molar-refractivity contribution in [3.63, 3.8) is 0 Å². The maximum Gasteiger partial charge on any atom is 0.261 e. The third kappa shape index (κ3) is 2.36. The predicted octanol–water partition coefficient (Wildman–Crippen LogP) is 3.32. The van der Waals surface area contributed by atoms with Crippen LogP contribution < -0.4 is 10.5 Å². The summed E-state index contributed by atoms with van der Waals surface area (Å²) in [6, 6.07) is 15.0. The Labute approximate surface area is 151 Å². The van der Waals surface area contributed by atoms with Crippen molar-refractivity contribution >= 4 is 34.1 Å². The maximum absolute atomic E-state index is 12.9. The molecule has 130 valence electrons. The molecule has 0 spiro atoms. The number of amides is 1. The molecule has 0 bridgehead atoms. The van der Waals surface area contributed by atoms with Crippen molar-refractivity contribution in [1.29, 1.82) is 0 Å². The number of anilines is 1. The molecule has 0 saturated heterocycles. The fourth-order valence-corrected chi connectivity index (χ4v) is 3.49. The third-order valence-electron chi connectivity index (χ3n) is 4.76. The smallest absolute Gasteiger partial charge is 0.261 e. The van der Waals surface area contributed by atoms with Gasteiger partial charge < -0.3 is 4.90 Å². The van der Waals surface area contributed by atoms with Crippen molar-refractivity contribution in [3.05, 3.63) is 70.3 Å². The Morgan fingerprint density at radius 3 is 2.46 bits per heavy atom. The number of nitrogens with zero attached hydrogens (tertiary/aromatic N) is 3. The van der Waals surface area contributed by atoms with Crippen LogP contribution in [0.15, 0.2) is 53.3 Å². The van der Waals surface area contributed by atoms with Crippen LogP contribution in [0.5, 0.6) is 0 Å². The van der Waals surface area contributed by atoms with Gasteiger partial charge in [-0.3, -0.25) is 14.2 Å². The second-order valence-corrected chi connectivity index (χ2v) is 6.16. The van der Waals surface area contributed by atoms with E-state index in [0.29, 0.717) is 35.4 Å². The van der Waals surface area contributed by atoms with Crippen LogP contribution in [0.2, 0.25) is 0 Å². The molecule has 0 aliphatic carbocycles. The number of hydrogen-bond donors (Lipinski definition) is 0. The number of carbonyl (C=O) groups excluding carboxylic acids is 1. The van der Waals surface area contributed by atoms with Gasteiger partial charge in [0.15, 0.2) is 0 Å². The van der Waals surface area contributed by atoms with Gasteiger partial charge in [-0.1, -0.05) is 30.3 Å². The molecule has 1 aliphatic rings. The molecular formula is C21H19N3O2. The number of fused-ring (bicyclic) bond motifs is 2. The zero-order chi connectivity index (χ0) is 18.3. The molecule has 1 amide bonds. The number of hydrogen-bond acceptors (Lipinski definition) is 3. The molecular weight excluding hydrogens is 326 g/mol. The molecule has 0 unspecified atom stereocenters. The minimum atomic E-state index is -0.0870. The van der Waals surface area contributed by atoms with E-state index in [4.69, 9.17) is 0 Å². The molecule has 1 aliphatic heterocycles. The first-order valence-electron chi connectivity index (χ1n) is 8.78. The lowest BCUT2D eigenvalue weighted by Gasteiger charge is -2.13. The summed E-state index contributed by atoms with van der Waals surface area (Å²) in [5.41, 5.74) is 2.91. The predicted molar refractivity (Wildman–Crippen MR) is 104 cm³/mol. The molecule has 26 heavy (non-hydrogen) atoms. The Kier molecular flexibility index (Phi) is 3.92. The van der Waals surface area contributed by atoms with Gasteiger partial charge in [0.1, 0.15) is 5.82 Å². The van der Waals surface area contributed by atoms with Crippen LogP contribution in [0.1, 0.15) is 25.2 Å². The summed E-state index contributed by atoms with van der Waals surface area (Å²) in [4.78, 5) is 32.1. The molecule has 0 atom stereocenters. The van der Waals surface area contributed by atoms with Crippen LogP contribution in [0.25, 0.3) is 22.6 Å². The molecule has 0 N–H and O–H groups in total. The molecule has 3 aromatic rings. The normalized spacial score (nSPS) is 15.1. The Bertz CT molecular complexity index is 1110. The van der Waals surface area contributed by atoms with E-state index in [-0.39, 0.29) is 11.5 Å². The minimum absolute atomic E-state index is 0.0567. The molecule has 5 heteroatoms. The van der Waals surface area contributed by atoms with Crippen LogP contribution in [0, 0.1) is 0 Å². The first-order valence-corrected chi connectivity index (χ1v) is 8.78. The Morgan fingerprint density at radius 2 is 1.69 bits per heavy atom. The fraction of sp³-hybridized carbons (Fsp3) is 0.190. The van der Waals surface area contributed by atoms with Gasteiger partial charge in [0.2, 0.25) is 0 Å². The molecule has 2 heterocycles. The lowest BCUT2D eigenvalue weighted by molar-refractivity contribution is -0.112. The molecule has 0 saturated carbocycles. The van der Waals surface area contributed by atoms with Gasteiger partial charge in [-0.2, -0.15) is 0 Å². The van der Waals surface area contributed by atoms with E-state index in [9.17, 15) is 9.59 Å². The minimum Gasteiger partial charge on any atom is -0.308 e. The van der Waals surface area contributed by atoms with Gasteiger partial charge in [0.05, 0.1) is 22.2 Å². The van der Waals surface area contributed by atoms with Crippen molar-refractivity contribution in [2.75, 3.05) is 11.4 Å². The van der Waals surface area contributed by atoms with Crippen LogP contribution in [0.3, 0.4) is 0 Å². The van der Waals surface area contributed by atoms with Gasteiger partial charge in [0.25, 0.3) is 11.5 Å². The monoisotopic (exact) mass is 345 g/mol. The Balaban J connectivity index is 1.97. The highest BCUT2D eigenvalue weighted by Crippen LogP contribution is 2.37. The van der Waals surface area contributed by atoms with E-state index < -0.39 is 0 Å². The molecule has 4 rings (SSSR count). The zero-order valence-corrected chi connectivity index (χ0v) is 14.8. The lowest BCUT2D eigenvalue weighted by Crippen LogP contribution is -2.26. The fourth-order valence-electron chi connectivity index (χ4n) is 3.49. The summed E-state index contributed by atoms with van der Waals surface area (Å²) in [6.07, 6.45) is 1.74. The average Bonchev–Trinajstić information content (AvgIpc) is 2.93. The summed E-state index contributed by atoms with van der Waals surface area (Å²) >= 11 is 0. The summed E-state index contributed by atoms with van der Waals surface area (Å²) in [5, 5.41) is 0.588. The van der Waals surface area contributed by atoms with Gasteiger partial charge in [-0.25, -0.2) is 4.98 Å². The van der Waals surface area contributed by atoms with E-state index in [1.54, 1.807) is 21.6 Å². The number of aromatic nitrogens is 2. The van der Waals surface area contributed by atoms with E-state index >= 15 is 0 Å². The van der Waals surface area contributed by atoms with Gasteiger partial charge in [-0.05, 0) is 38.1 Å². The SMILES string of the molecule is CCN1C(=O)C(=Cc2nc3ccccc3c(=O)n2CC)c2ccccc21. The average molecular weight is 345 g/mol. The largest absolute Gasteiger partial charge is 0.308 e. The zero-order valence-electron chi connectivity index (χ0n) is 14.8. The maximum atomic E-state index is 12.9. The summed E-state index contributed by atoms with van der Waals surface area (Å²) in [6.45, 7) is 4.94. The lowest BCUT2D eigenvalue weighted by atomic mass is 10.1. The van der Waals surface area contributed by atoms with Crippen molar-refractivity contribution in [2.45, 2.75) is 20.4 Å². The van der Waals surface area contributed by atoms with Gasteiger partial charge in [-0.15, -0.1) is 0 Å². The van der Waals surface area contributed by atoms with E-state index in [1.807, 2.05) is 56.3 Å². The van der Waals surface area contributed by atoms with Crippen molar-refractivity contribution in [1.82, 2.24) is 9.55 Å². The summed E-state index contributed by atoms with van der Waals surface area (Å²) < 4.78 is 1.61. The quantitative estimate of drug-likeness (QED) is 0.684. The molecule has 0 radical (unpaired) electrons. The van der Waals surface area contributed by atoms with E-state index in [2.05, 4.69) is 4.98 Å². The molecule has 2 aromatic carbocycles. The third-order valence-corrected chi connectivity index (χ3v) is 4.76. The highest BCUT2D eigenvalue weighted by Gasteiger charge is 2.31. The van der Waals surface area contributed by atoms with Crippen molar-refractivity contribution in [2.24, 2.45) is 0 Å². The van der Waals surface area contributed by atoms with Crippen LogP contribution >= 0.6 is 0 Å². The molecule has 5 nitrogen and oxygen atoms in total. The van der Waals surface area contributed by atoms with Crippen LogP contribution in [-0.2, 0) is 11.3 Å². The first kappa shape index (κ1) is 16.3. The van der Waals surface area contributed by atoms with E-state index in [1.165, 1.54) is 0 Å². The Hall–Kier alpha value is -3.21. The second kappa shape index (κ2) is 6.26. The number of benzene rings is 2. The summed E-state index contributed by atoms with van der Waals surface area (Å²) in [7, 11) is 0. The molecule has 0 fully saturated rings. The standard InChI is InChI=1S/C21H19N3O2/c1-3-23-18-12-8-6-9-14(18)16(21(23)26)13-19-22-17-11-7-5-10-15(17)20(25)24(19)4-2/h5-13H,3-4H2,1-2H3. The van der Waals surface area contributed by atoms with Crippen LogP contribution in [0.4, 0.5) is 5.69 Å². The first-order chi connectivity index (χ1) is 12.7. The number of likely N-dealkylation sites (N-methyl/N-ethyl adjacent to an activating group) is 1. The number of para-hydroxylation sites is 2. The van der Waals surface area contributed by atoms with Crippen LogP contribution in [-0.4, -0.2) is 22.0 Å². The van der Waals surface area contributed by atoms with Gasteiger partial charge in [0, 0.05) is 18.7 Å². The molecule has 1 aromatic heterocycles. The second-order valence-electron chi connectivity index (χ2n) is 6.16. The number of rotatable bonds is 3. The van der Waals surface area contributed by atoms with Crippen molar-refractivity contribution in [3.8, 4) is 0 Å². The van der Waals surface area contributed by atoms with Crippen molar-refractivity contribution < 1.29 is 4.79 Å². The summed E-state index contributed by atoms with van der Waals surface area (Å²) in [5.74, 6) is 0.450. The van der Waals surface area contributed by atoms with Gasteiger partial charge >= 0.3 is 0 Å². The highest BCUT2D eigenvalue weighted by molar-refractivity contribution is 6.35. The topological polar surface area (TPSA) is 55.2 Å². The number of carbonyl (C=O) groups is 1. The van der Waals surface area contributed by atoms with E-state index in [0.717, 1.165) is 11.3 Å². The Morgan fingerprint density at radius 1 is 0.962 bits per heavy atom.